The first-order chi connectivity index (χ1) is 19.4. The number of hydrogen-bond acceptors (Lipinski definition) is 6. The van der Waals surface area contributed by atoms with Crippen molar-refractivity contribution in [3.05, 3.63) is 77.9 Å². The second-order valence-corrected chi connectivity index (χ2v) is 10.5. The van der Waals surface area contributed by atoms with Crippen LogP contribution in [0.5, 0.6) is 5.75 Å². The Balaban J connectivity index is 1.67. The van der Waals surface area contributed by atoms with Crippen LogP contribution in [0.4, 0.5) is 0 Å². The summed E-state index contributed by atoms with van der Waals surface area (Å²) < 4.78 is 15.5. The number of hydrogen-bond donors (Lipinski definition) is 6. The van der Waals surface area contributed by atoms with E-state index < -0.39 is 43.6 Å². The van der Waals surface area contributed by atoms with Gasteiger partial charge in [0.2, 0.25) is 17.7 Å². The maximum absolute atomic E-state index is 13.2. The zero-order chi connectivity index (χ0) is 30.0. The summed E-state index contributed by atoms with van der Waals surface area (Å²) in [6, 6.07) is 17.0. The van der Waals surface area contributed by atoms with Crippen LogP contribution < -0.4 is 20.5 Å². The molecular weight excluding hydrogens is 553 g/mol. The van der Waals surface area contributed by atoms with Crippen LogP contribution in [-0.2, 0) is 36.6 Å². The zero-order valence-electron chi connectivity index (χ0n) is 22.3. The van der Waals surface area contributed by atoms with E-state index in [0.717, 1.165) is 16.3 Å². The lowest BCUT2D eigenvalue weighted by atomic mass is 10.0. The molecule has 0 aliphatic rings. The van der Waals surface area contributed by atoms with Crippen LogP contribution >= 0.6 is 7.82 Å². The summed E-state index contributed by atoms with van der Waals surface area (Å²) in [4.78, 5) is 67.1. The van der Waals surface area contributed by atoms with Crippen molar-refractivity contribution < 1.29 is 43.2 Å². The van der Waals surface area contributed by atoms with Crippen molar-refractivity contribution in [3.63, 3.8) is 0 Å². The van der Waals surface area contributed by atoms with E-state index >= 15 is 0 Å². The average Bonchev–Trinajstić information content (AvgIpc) is 2.90. The van der Waals surface area contributed by atoms with E-state index in [4.69, 9.17) is 14.9 Å². The number of phosphoric ester groups is 1. The molecule has 12 nitrogen and oxygen atoms in total. The predicted molar refractivity (Wildman–Crippen MR) is 150 cm³/mol. The average molecular weight is 586 g/mol. The molecule has 218 valence electrons. The van der Waals surface area contributed by atoms with Crippen molar-refractivity contribution in [2.45, 2.75) is 44.7 Å². The minimum atomic E-state index is -4.74. The van der Waals surface area contributed by atoms with Crippen LogP contribution in [0.2, 0.25) is 0 Å². The SMILES string of the molecule is CC(=O)N[C@@H](Cc1ccc(OP(=O)(O)O)cc1)C(=O)N[C@@H](CCC(=O)O)C(=O)NCCc1cccc2ccccc12. The Labute approximate surface area is 236 Å². The Morgan fingerprint density at radius 2 is 1.56 bits per heavy atom. The number of carboxylic acid groups (broad SMARTS) is 1. The van der Waals surface area contributed by atoms with Crippen molar-refractivity contribution in [2.24, 2.45) is 0 Å². The minimum absolute atomic E-state index is 0.0179. The van der Waals surface area contributed by atoms with E-state index in [0.29, 0.717) is 12.0 Å². The molecule has 0 radical (unpaired) electrons. The van der Waals surface area contributed by atoms with Crippen molar-refractivity contribution in [2.75, 3.05) is 6.54 Å². The number of nitrogens with one attached hydrogen (secondary N) is 3. The van der Waals surface area contributed by atoms with E-state index in [9.17, 15) is 23.7 Å². The highest BCUT2D eigenvalue weighted by Gasteiger charge is 2.27. The van der Waals surface area contributed by atoms with E-state index in [2.05, 4.69) is 20.5 Å². The first-order valence-electron chi connectivity index (χ1n) is 12.8. The van der Waals surface area contributed by atoms with Gasteiger partial charge >= 0.3 is 13.8 Å². The molecule has 13 heteroatoms. The third-order valence-corrected chi connectivity index (χ3v) is 6.58. The van der Waals surface area contributed by atoms with Crippen LogP contribution in [0.15, 0.2) is 66.7 Å². The van der Waals surface area contributed by atoms with Gasteiger partial charge in [-0.25, -0.2) is 4.57 Å². The number of carboxylic acids is 1. The molecule has 0 saturated carbocycles. The summed E-state index contributed by atoms with van der Waals surface area (Å²) in [6.45, 7) is 1.48. The summed E-state index contributed by atoms with van der Waals surface area (Å²) in [5, 5.41) is 19.1. The second-order valence-electron chi connectivity index (χ2n) is 9.36. The van der Waals surface area contributed by atoms with Gasteiger partial charge in [-0.2, -0.15) is 0 Å². The summed E-state index contributed by atoms with van der Waals surface area (Å²) in [5.41, 5.74) is 1.55. The maximum atomic E-state index is 13.2. The maximum Gasteiger partial charge on any atom is 0.524 e. The van der Waals surface area contributed by atoms with E-state index in [1.54, 1.807) is 0 Å². The van der Waals surface area contributed by atoms with Crippen molar-refractivity contribution in [3.8, 4) is 5.75 Å². The smallest absolute Gasteiger partial charge is 0.481 e. The van der Waals surface area contributed by atoms with Crippen LogP contribution in [-0.4, -0.2) is 57.2 Å². The highest BCUT2D eigenvalue weighted by Crippen LogP contribution is 2.37. The lowest BCUT2D eigenvalue weighted by Gasteiger charge is -2.23. The molecule has 0 bridgehead atoms. The molecule has 6 N–H and O–H groups in total. The molecule has 0 aliphatic heterocycles. The van der Waals surface area contributed by atoms with Gasteiger partial charge < -0.3 is 25.6 Å². The zero-order valence-corrected chi connectivity index (χ0v) is 23.2. The lowest BCUT2D eigenvalue weighted by molar-refractivity contribution is -0.138. The van der Waals surface area contributed by atoms with Gasteiger partial charge in [0.1, 0.15) is 17.8 Å². The molecular formula is C28H32N3O9P. The molecule has 0 fully saturated rings. The largest absolute Gasteiger partial charge is 0.524 e. The van der Waals surface area contributed by atoms with Gasteiger partial charge in [0, 0.05) is 26.3 Å². The van der Waals surface area contributed by atoms with E-state index in [-0.39, 0.29) is 31.6 Å². The number of amides is 3. The number of rotatable bonds is 14. The Kier molecular flexibility index (Phi) is 11.0. The van der Waals surface area contributed by atoms with Crippen molar-refractivity contribution in [1.82, 2.24) is 16.0 Å². The van der Waals surface area contributed by atoms with Gasteiger partial charge in [0.05, 0.1) is 0 Å². The molecule has 0 heterocycles. The molecule has 3 aromatic carbocycles. The molecule has 3 rings (SSSR count). The second kappa shape index (κ2) is 14.4. The molecule has 3 aromatic rings. The Morgan fingerprint density at radius 1 is 0.878 bits per heavy atom. The molecule has 0 spiro atoms. The highest BCUT2D eigenvalue weighted by molar-refractivity contribution is 7.46. The van der Waals surface area contributed by atoms with E-state index in [1.807, 2.05) is 42.5 Å². The number of phosphoric acid groups is 1. The molecule has 41 heavy (non-hydrogen) atoms. The Bertz CT molecular complexity index is 1430. The summed E-state index contributed by atoms with van der Waals surface area (Å²) >= 11 is 0. The lowest BCUT2D eigenvalue weighted by Crippen LogP contribution is -2.54. The fourth-order valence-electron chi connectivity index (χ4n) is 4.28. The summed E-state index contributed by atoms with van der Waals surface area (Å²) in [7, 11) is -4.74. The van der Waals surface area contributed by atoms with Gasteiger partial charge in [0.25, 0.3) is 0 Å². The fourth-order valence-corrected chi connectivity index (χ4v) is 4.67. The predicted octanol–water partition coefficient (Wildman–Crippen LogP) is 2.07. The van der Waals surface area contributed by atoms with Crippen LogP contribution in [0.1, 0.15) is 30.9 Å². The van der Waals surface area contributed by atoms with Gasteiger partial charge in [-0.15, -0.1) is 0 Å². The first-order valence-corrected chi connectivity index (χ1v) is 14.3. The topological polar surface area (TPSA) is 191 Å². The van der Waals surface area contributed by atoms with Crippen LogP contribution in [0, 0.1) is 0 Å². The molecule has 3 amide bonds. The first kappa shape index (κ1) is 31.3. The minimum Gasteiger partial charge on any atom is -0.481 e. The van der Waals surface area contributed by atoms with Gasteiger partial charge in [0.15, 0.2) is 0 Å². The van der Waals surface area contributed by atoms with Crippen molar-refractivity contribution >= 4 is 42.3 Å². The molecule has 0 aliphatic carbocycles. The molecule has 2 atom stereocenters. The normalized spacial score (nSPS) is 12.7. The number of benzene rings is 3. The molecule has 0 unspecified atom stereocenters. The monoisotopic (exact) mass is 585 g/mol. The van der Waals surface area contributed by atoms with Crippen molar-refractivity contribution in [1.29, 1.82) is 0 Å². The Morgan fingerprint density at radius 3 is 2.22 bits per heavy atom. The van der Waals surface area contributed by atoms with Crippen LogP contribution in [0.25, 0.3) is 10.8 Å². The quantitative estimate of drug-likeness (QED) is 0.154. The van der Waals surface area contributed by atoms with E-state index in [1.165, 1.54) is 31.2 Å². The summed E-state index contributed by atoms with van der Waals surface area (Å²) in [6.07, 6.45) is -0.0329. The third-order valence-electron chi connectivity index (χ3n) is 6.13. The number of fused-ring (bicyclic) bond motifs is 1. The van der Waals surface area contributed by atoms with Gasteiger partial charge in [-0.05, 0) is 46.9 Å². The van der Waals surface area contributed by atoms with Crippen LogP contribution in [0.3, 0.4) is 0 Å². The van der Waals surface area contributed by atoms with Gasteiger partial charge in [-0.1, -0.05) is 54.6 Å². The Hall–Kier alpha value is -4.25. The fraction of sp³-hybridized carbons (Fsp3) is 0.286. The summed E-state index contributed by atoms with van der Waals surface area (Å²) in [5.74, 6) is -2.98. The highest BCUT2D eigenvalue weighted by atomic mass is 31.2. The van der Waals surface area contributed by atoms with Gasteiger partial charge in [-0.3, -0.25) is 29.0 Å². The number of aliphatic carboxylic acids is 1. The number of carbonyl (C=O) groups excluding carboxylic acids is 3. The third kappa shape index (κ3) is 10.3. The molecule has 0 aromatic heterocycles. The number of carbonyl (C=O) groups is 4. The molecule has 0 saturated heterocycles. The standard InChI is InChI=1S/C28H32N3O9P/c1-18(32)30-25(17-19-9-11-22(12-10-19)40-41(37,38)39)28(36)31-24(13-14-26(33)34)27(35)29-16-15-21-7-4-6-20-5-2-3-8-23(20)21/h2-12,24-25H,13-17H2,1H3,(H,29,35)(H,30,32)(H,31,36)(H,33,34)(H2,37,38,39)/t24-,25-/m0/s1.